The second kappa shape index (κ2) is 6.65. The Morgan fingerprint density at radius 2 is 1.67 bits per heavy atom. The molecule has 2 aromatic rings. The normalized spacial score (nSPS) is 10.0. The first-order chi connectivity index (χ1) is 10.1. The van der Waals surface area contributed by atoms with E-state index >= 15 is 0 Å². The summed E-state index contributed by atoms with van der Waals surface area (Å²) < 4.78 is 15.7. The van der Waals surface area contributed by atoms with Gasteiger partial charge in [-0.3, -0.25) is 0 Å². The lowest BCUT2D eigenvalue weighted by atomic mass is 10.1. The van der Waals surface area contributed by atoms with Gasteiger partial charge in [0.15, 0.2) is 0 Å². The number of methoxy groups -OCH3 is 1. The number of nitrogen functional groups attached to an aromatic ring is 1. The summed E-state index contributed by atoms with van der Waals surface area (Å²) in [5, 5.41) is 0. The molecule has 5 heteroatoms. The summed E-state index contributed by atoms with van der Waals surface area (Å²) >= 11 is 0. The monoisotopic (exact) mass is 287 g/mol. The molecular weight excluding hydrogens is 270 g/mol. The number of carbonyl (C=O) groups is 1. The van der Waals surface area contributed by atoms with Crippen LogP contribution in [0.2, 0.25) is 0 Å². The molecule has 2 aromatic carbocycles. The lowest BCUT2D eigenvalue weighted by Gasteiger charge is -2.09. The summed E-state index contributed by atoms with van der Waals surface area (Å²) in [5.74, 6) is 1.43. The Balaban J connectivity index is 2.17. The van der Waals surface area contributed by atoms with Crippen LogP contribution < -0.4 is 15.2 Å². The van der Waals surface area contributed by atoms with Crippen LogP contribution in [0.4, 0.5) is 5.69 Å². The van der Waals surface area contributed by atoms with E-state index in [0.717, 1.165) is 5.75 Å². The van der Waals surface area contributed by atoms with Crippen molar-refractivity contribution in [2.75, 3.05) is 19.5 Å². The Bertz CT molecular complexity index is 623. The first-order valence-electron chi connectivity index (χ1n) is 6.52. The number of hydrogen-bond acceptors (Lipinski definition) is 5. The largest absolute Gasteiger partial charge is 0.494 e. The number of anilines is 1. The van der Waals surface area contributed by atoms with Crippen molar-refractivity contribution in [1.29, 1.82) is 0 Å². The molecule has 0 radical (unpaired) electrons. The highest BCUT2D eigenvalue weighted by Gasteiger charge is 2.11. The summed E-state index contributed by atoms with van der Waals surface area (Å²) in [7, 11) is 1.31. The second-order valence-electron chi connectivity index (χ2n) is 4.25. The highest BCUT2D eigenvalue weighted by Crippen LogP contribution is 2.27. The zero-order valence-electron chi connectivity index (χ0n) is 12.0. The molecule has 0 aliphatic carbocycles. The SMILES string of the molecule is CCOc1ccc(Oc2ccc(N)c(C(=O)OC)c2)cc1. The summed E-state index contributed by atoms with van der Waals surface area (Å²) in [6, 6.07) is 12.1. The van der Waals surface area contributed by atoms with Gasteiger partial charge in [0, 0.05) is 5.69 Å². The van der Waals surface area contributed by atoms with Crippen molar-refractivity contribution in [2.24, 2.45) is 0 Å². The topological polar surface area (TPSA) is 70.8 Å². The Kier molecular flexibility index (Phi) is 4.66. The van der Waals surface area contributed by atoms with Gasteiger partial charge in [-0.25, -0.2) is 4.79 Å². The highest BCUT2D eigenvalue weighted by molar-refractivity contribution is 5.95. The van der Waals surface area contributed by atoms with Crippen molar-refractivity contribution < 1.29 is 19.0 Å². The predicted octanol–water partition coefficient (Wildman–Crippen LogP) is 3.25. The number of esters is 1. The molecule has 5 nitrogen and oxygen atoms in total. The zero-order valence-corrected chi connectivity index (χ0v) is 12.0. The van der Waals surface area contributed by atoms with Gasteiger partial charge in [0.1, 0.15) is 17.2 Å². The van der Waals surface area contributed by atoms with Gasteiger partial charge in [-0.2, -0.15) is 0 Å². The maximum absolute atomic E-state index is 11.6. The molecule has 21 heavy (non-hydrogen) atoms. The first-order valence-corrected chi connectivity index (χ1v) is 6.52. The maximum atomic E-state index is 11.6. The Morgan fingerprint density at radius 1 is 1.05 bits per heavy atom. The van der Waals surface area contributed by atoms with Gasteiger partial charge < -0.3 is 19.9 Å². The summed E-state index contributed by atoms with van der Waals surface area (Å²) in [6.07, 6.45) is 0. The van der Waals surface area contributed by atoms with Gasteiger partial charge in [0.25, 0.3) is 0 Å². The van der Waals surface area contributed by atoms with E-state index in [-0.39, 0.29) is 5.56 Å². The van der Waals surface area contributed by atoms with Crippen molar-refractivity contribution in [3.63, 3.8) is 0 Å². The van der Waals surface area contributed by atoms with Crippen LogP contribution in [0.1, 0.15) is 17.3 Å². The quantitative estimate of drug-likeness (QED) is 0.675. The smallest absolute Gasteiger partial charge is 0.340 e. The molecule has 0 saturated carbocycles. The van der Waals surface area contributed by atoms with Crippen molar-refractivity contribution in [3.8, 4) is 17.2 Å². The Hall–Kier alpha value is -2.69. The fraction of sp³-hybridized carbons (Fsp3) is 0.188. The summed E-state index contributed by atoms with van der Waals surface area (Å²) in [6.45, 7) is 2.54. The van der Waals surface area contributed by atoms with Gasteiger partial charge in [-0.05, 0) is 49.4 Å². The van der Waals surface area contributed by atoms with E-state index in [4.69, 9.17) is 15.2 Å². The molecular formula is C16H17NO4. The third-order valence-electron chi connectivity index (χ3n) is 2.80. The van der Waals surface area contributed by atoms with Crippen LogP contribution in [0, 0.1) is 0 Å². The summed E-state index contributed by atoms with van der Waals surface area (Å²) in [4.78, 5) is 11.6. The first kappa shape index (κ1) is 14.7. The van der Waals surface area contributed by atoms with Crippen molar-refractivity contribution in [1.82, 2.24) is 0 Å². The second-order valence-corrected chi connectivity index (χ2v) is 4.25. The standard InChI is InChI=1S/C16H17NO4/c1-3-20-11-4-6-12(7-5-11)21-13-8-9-15(17)14(10-13)16(18)19-2/h4-10H,3,17H2,1-2H3. The van der Waals surface area contributed by atoms with E-state index in [1.807, 2.05) is 19.1 Å². The molecule has 2 rings (SSSR count). The van der Waals surface area contributed by atoms with Gasteiger partial charge in [0.05, 0.1) is 19.3 Å². The molecule has 0 aliphatic heterocycles. The molecule has 0 fully saturated rings. The van der Waals surface area contributed by atoms with Crippen LogP contribution in [0.3, 0.4) is 0 Å². The molecule has 0 saturated heterocycles. The van der Waals surface area contributed by atoms with Gasteiger partial charge in [-0.1, -0.05) is 0 Å². The van der Waals surface area contributed by atoms with Gasteiger partial charge >= 0.3 is 5.97 Å². The molecule has 0 amide bonds. The highest BCUT2D eigenvalue weighted by atomic mass is 16.5. The molecule has 0 spiro atoms. The molecule has 110 valence electrons. The number of nitrogens with two attached hydrogens (primary N) is 1. The van der Waals surface area contributed by atoms with E-state index in [1.54, 1.807) is 30.3 Å². The molecule has 0 unspecified atom stereocenters. The minimum absolute atomic E-state index is 0.279. The fourth-order valence-corrected chi connectivity index (χ4v) is 1.79. The third kappa shape index (κ3) is 3.66. The molecule has 0 aliphatic rings. The average molecular weight is 287 g/mol. The molecule has 0 aromatic heterocycles. The van der Waals surface area contributed by atoms with Crippen LogP contribution in [-0.4, -0.2) is 19.7 Å². The number of benzene rings is 2. The van der Waals surface area contributed by atoms with Gasteiger partial charge in [-0.15, -0.1) is 0 Å². The van der Waals surface area contributed by atoms with E-state index in [1.165, 1.54) is 7.11 Å². The Labute approximate surface area is 123 Å². The third-order valence-corrected chi connectivity index (χ3v) is 2.80. The number of carbonyl (C=O) groups excluding carboxylic acids is 1. The molecule has 0 atom stereocenters. The minimum atomic E-state index is -0.496. The lowest BCUT2D eigenvalue weighted by molar-refractivity contribution is 0.0601. The van der Waals surface area contributed by atoms with E-state index in [9.17, 15) is 4.79 Å². The molecule has 0 bridgehead atoms. The predicted molar refractivity (Wildman–Crippen MR) is 79.9 cm³/mol. The van der Waals surface area contributed by atoms with Crippen molar-refractivity contribution in [3.05, 3.63) is 48.0 Å². The Morgan fingerprint density at radius 3 is 2.29 bits per heavy atom. The van der Waals surface area contributed by atoms with Crippen molar-refractivity contribution >= 4 is 11.7 Å². The van der Waals surface area contributed by atoms with Gasteiger partial charge in [0.2, 0.25) is 0 Å². The summed E-state index contributed by atoms with van der Waals surface area (Å²) in [5.41, 5.74) is 6.37. The zero-order chi connectivity index (χ0) is 15.2. The minimum Gasteiger partial charge on any atom is -0.494 e. The van der Waals surface area contributed by atoms with Crippen LogP contribution >= 0.6 is 0 Å². The van der Waals surface area contributed by atoms with Crippen LogP contribution in [0.5, 0.6) is 17.2 Å². The van der Waals surface area contributed by atoms with Crippen LogP contribution in [-0.2, 0) is 4.74 Å². The number of hydrogen-bond donors (Lipinski definition) is 1. The lowest BCUT2D eigenvalue weighted by Crippen LogP contribution is -2.05. The van der Waals surface area contributed by atoms with Crippen LogP contribution in [0.25, 0.3) is 0 Å². The number of ether oxygens (including phenoxy) is 3. The average Bonchev–Trinajstić information content (AvgIpc) is 2.50. The van der Waals surface area contributed by atoms with Crippen molar-refractivity contribution in [2.45, 2.75) is 6.92 Å². The maximum Gasteiger partial charge on any atom is 0.340 e. The van der Waals surface area contributed by atoms with E-state index < -0.39 is 5.97 Å². The number of rotatable bonds is 5. The molecule has 0 heterocycles. The van der Waals surface area contributed by atoms with E-state index in [2.05, 4.69) is 4.74 Å². The molecule has 2 N–H and O–H groups in total. The van der Waals surface area contributed by atoms with Crippen LogP contribution in [0.15, 0.2) is 42.5 Å². The fourth-order valence-electron chi connectivity index (χ4n) is 1.79. The van der Waals surface area contributed by atoms with E-state index in [0.29, 0.717) is 23.8 Å².